The molecule has 0 radical (unpaired) electrons. The van der Waals surface area contributed by atoms with E-state index < -0.39 is 45.2 Å². The molecule has 1 saturated carbocycles. The van der Waals surface area contributed by atoms with Gasteiger partial charge in [0, 0.05) is 36.7 Å². The van der Waals surface area contributed by atoms with Gasteiger partial charge in [0.1, 0.15) is 18.4 Å². The van der Waals surface area contributed by atoms with Crippen LogP contribution in [0.2, 0.25) is 0 Å². The van der Waals surface area contributed by atoms with Gasteiger partial charge in [-0.25, -0.2) is 12.8 Å². The molecule has 0 bridgehead atoms. The molecule has 0 aliphatic heterocycles. The Bertz CT molecular complexity index is 1800. The number of carbonyl (C=O) groups is 2. The van der Waals surface area contributed by atoms with Crippen molar-refractivity contribution in [3.8, 4) is 0 Å². The summed E-state index contributed by atoms with van der Waals surface area (Å²) in [6.07, 6.45) is 3.63. The van der Waals surface area contributed by atoms with Crippen LogP contribution in [0.15, 0.2) is 114 Å². The number of nitro benzene ring substituents is 1. The van der Waals surface area contributed by atoms with E-state index in [0.29, 0.717) is 0 Å². The minimum Gasteiger partial charge on any atom is -0.352 e. The lowest BCUT2D eigenvalue weighted by Crippen LogP contribution is -2.54. The number of nitrogens with zero attached hydrogens (tertiary/aromatic N) is 3. The molecule has 0 aromatic heterocycles. The number of sulfonamides is 1. The quantitative estimate of drug-likeness (QED) is 0.147. The maximum absolute atomic E-state index is 15.1. The van der Waals surface area contributed by atoms with Crippen molar-refractivity contribution in [2.24, 2.45) is 0 Å². The van der Waals surface area contributed by atoms with Gasteiger partial charge in [-0.2, -0.15) is 0 Å². The first-order valence-electron chi connectivity index (χ1n) is 15.3. The van der Waals surface area contributed by atoms with E-state index >= 15 is 4.39 Å². The zero-order chi connectivity index (χ0) is 33.4. The van der Waals surface area contributed by atoms with Gasteiger partial charge in [0.05, 0.1) is 15.5 Å². The molecule has 2 amide bonds. The predicted molar refractivity (Wildman–Crippen MR) is 175 cm³/mol. The molecule has 0 heterocycles. The summed E-state index contributed by atoms with van der Waals surface area (Å²) in [6.45, 7) is -1.06. The van der Waals surface area contributed by atoms with Crippen LogP contribution in [0.5, 0.6) is 0 Å². The molecule has 1 aliphatic carbocycles. The smallest absolute Gasteiger partial charge is 0.269 e. The van der Waals surface area contributed by atoms with E-state index in [4.69, 9.17) is 0 Å². The first kappa shape index (κ1) is 33.3. The van der Waals surface area contributed by atoms with Crippen LogP contribution in [-0.4, -0.2) is 48.7 Å². The number of non-ortho nitro benzene ring substituents is 1. The number of hydrogen-bond donors (Lipinski definition) is 1. The Morgan fingerprint density at radius 2 is 1.47 bits per heavy atom. The van der Waals surface area contributed by atoms with E-state index in [0.717, 1.165) is 47.7 Å². The molecular formula is C35H35FN4O6S. The van der Waals surface area contributed by atoms with Gasteiger partial charge in [0.2, 0.25) is 11.8 Å². The predicted octanol–water partition coefficient (Wildman–Crippen LogP) is 5.63. The third-order valence-corrected chi connectivity index (χ3v) is 10.0. The van der Waals surface area contributed by atoms with Crippen molar-refractivity contribution in [2.45, 2.75) is 55.6 Å². The molecular weight excluding hydrogens is 623 g/mol. The second kappa shape index (κ2) is 15.0. The van der Waals surface area contributed by atoms with Crippen LogP contribution >= 0.6 is 0 Å². The van der Waals surface area contributed by atoms with Gasteiger partial charge < -0.3 is 10.2 Å². The normalized spacial score (nSPS) is 13.9. The molecule has 1 aliphatic rings. The van der Waals surface area contributed by atoms with Gasteiger partial charge in [-0.05, 0) is 48.7 Å². The Balaban J connectivity index is 1.57. The second-order valence-electron chi connectivity index (χ2n) is 11.4. The molecule has 5 rings (SSSR count). The Hall–Kier alpha value is -5.10. The van der Waals surface area contributed by atoms with Crippen molar-refractivity contribution in [3.63, 3.8) is 0 Å². The summed E-state index contributed by atoms with van der Waals surface area (Å²) >= 11 is 0. The van der Waals surface area contributed by atoms with E-state index in [1.807, 2.05) is 30.3 Å². The van der Waals surface area contributed by atoms with E-state index in [2.05, 4.69) is 5.32 Å². The van der Waals surface area contributed by atoms with E-state index in [1.54, 1.807) is 12.1 Å². The summed E-state index contributed by atoms with van der Waals surface area (Å²) in [5.41, 5.74) is 0.661. The first-order chi connectivity index (χ1) is 22.6. The van der Waals surface area contributed by atoms with Crippen LogP contribution in [0, 0.1) is 15.9 Å². The first-order valence-corrected chi connectivity index (χ1v) is 16.8. The minimum absolute atomic E-state index is 0.00802. The van der Waals surface area contributed by atoms with Gasteiger partial charge in [-0.15, -0.1) is 0 Å². The van der Waals surface area contributed by atoms with Gasteiger partial charge in [-0.3, -0.25) is 24.0 Å². The number of nitrogens with one attached hydrogen (secondary N) is 1. The fourth-order valence-corrected chi connectivity index (χ4v) is 7.16. The Kier molecular flexibility index (Phi) is 10.6. The Morgan fingerprint density at radius 3 is 2.09 bits per heavy atom. The number of hydrogen-bond acceptors (Lipinski definition) is 6. The molecule has 244 valence electrons. The van der Waals surface area contributed by atoms with Crippen LogP contribution in [-0.2, 0) is 32.6 Å². The number of halogens is 1. The maximum atomic E-state index is 15.1. The molecule has 4 aromatic carbocycles. The van der Waals surface area contributed by atoms with Crippen molar-refractivity contribution >= 4 is 33.2 Å². The molecule has 0 saturated heterocycles. The summed E-state index contributed by atoms with van der Waals surface area (Å²) in [7, 11) is -4.38. The Morgan fingerprint density at radius 1 is 0.872 bits per heavy atom. The van der Waals surface area contributed by atoms with E-state index in [-0.39, 0.29) is 40.8 Å². The van der Waals surface area contributed by atoms with Gasteiger partial charge in [0.15, 0.2) is 0 Å². The molecule has 0 unspecified atom stereocenters. The van der Waals surface area contributed by atoms with Gasteiger partial charge in [0.25, 0.3) is 15.7 Å². The van der Waals surface area contributed by atoms with Crippen LogP contribution < -0.4 is 9.62 Å². The second-order valence-corrected chi connectivity index (χ2v) is 13.3. The molecule has 10 nitrogen and oxygen atoms in total. The fraction of sp³-hybridized carbons (Fsp3) is 0.257. The van der Waals surface area contributed by atoms with Crippen molar-refractivity contribution < 1.29 is 27.3 Å². The van der Waals surface area contributed by atoms with Crippen molar-refractivity contribution in [1.29, 1.82) is 0 Å². The fourth-order valence-electron chi connectivity index (χ4n) is 5.72. The number of benzene rings is 4. The van der Waals surface area contributed by atoms with E-state index in [9.17, 15) is 28.1 Å². The van der Waals surface area contributed by atoms with Crippen molar-refractivity contribution in [2.75, 3.05) is 10.8 Å². The highest BCUT2D eigenvalue weighted by Crippen LogP contribution is 2.27. The van der Waals surface area contributed by atoms with Crippen molar-refractivity contribution in [3.05, 3.63) is 136 Å². The highest BCUT2D eigenvalue weighted by atomic mass is 32.2. The SMILES string of the molecule is O=C(NC1CCCC1)[C@H](Cc1ccccc1)N(Cc1ccccc1F)C(=O)CN(c1ccc([N+](=O)[O-])cc1)S(=O)(=O)c1ccccc1. The van der Waals surface area contributed by atoms with Crippen molar-refractivity contribution in [1.82, 2.24) is 10.2 Å². The molecule has 0 spiro atoms. The lowest BCUT2D eigenvalue weighted by molar-refractivity contribution is -0.384. The molecule has 12 heteroatoms. The Labute approximate surface area is 273 Å². The van der Waals surface area contributed by atoms with E-state index in [1.165, 1.54) is 59.5 Å². The average Bonchev–Trinajstić information content (AvgIpc) is 3.60. The van der Waals surface area contributed by atoms with Crippen LogP contribution in [0.4, 0.5) is 15.8 Å². The van der Waals surface area contributed by atoms with Gasteiger partial charge >= 0.3 is 0 Å². The highest BCUT2D eigenvalue weighted by Gasteiger charge is 2.36. The minimum atomic E-state index is -4.38. The van der Waals surface area contributed by atoms with Crippen LogP contribution in [0.3, 0.4) is 0 Å². The number of nitro groups is 1. The molecule has 1 N–H and O–H groups in total. The average molecular weight is 659 g/mol. The molecule has 1 atom stereocenters. The standard InChI is InChI=1S/C35H35FN4O6S/c36-32-18-10-7-13-27(32)24-38(33(23-26-11-3-1-4-12-26)35(42)37-28-14-8-9-15-28)34(41)25-39(29-19-21-30(22-20-29)40(43)44)47(45,46)31-16-5-2-6-17-31/h1-7,10-13,16-22,28,33H,8-9,14-15,23-25H2,(H,37,42)/t33-/m0/s1. The van der Waals surface area contributed by atoms with Crippen LogP contribution in [0.1, 0.15) is 36.8 Å². The molecule has 4 aromatic rings. The monoisotopic (exact) mass is 658 g/mol. The zero-order valence-electron chi connectivity index (χ0n) is 25.6. The number of amides is 2. The third-order valence-electron chi connectivity index (χ3n) is 8.23. The summed E-state index contributed by atoms with van der Waals surface area (Å²) in [4.78, 5) is 40.3. The lowest BCUT2D eigenvalue weighted by atomic mass is 10.0. The largest absolute Gasteiger partial charge is 0.352 e. The summed E-state index contributed by atoms with van der Waals surface area (Å²) in [5.74, 6) is -1.75. The van der Waals surface area contributed by atoms with Gasteiger partial charge in [-0.1, -0.05) is 79.6 Å². The number of carbonyl (C=O) groups excluding carboxylic acids is 2. The topological polar surface area (TPSA) is 130 Å². The summed E-state index contributed by atoms with van der Waals surface area (Å²) in [5, 5.41) is 14.4. The van der Waals surface area contributed by atoms with Crippen LogP contribution in [0.25, 0.3) is 0 Å². The lowest BCUT2D eigenvalue weighted by Gasteiger charge is -2.34. The third kappa shape index (κ3) is 8.20. The summed E-state index contributed by atoms with van der Waals surface area (Å²) < 4.78 is 44.0. The maximum Gasteiger partial charge on any atom is 0.269 e. The number of rotatable bonds is 13. The highest BCUT2D eigenvalue weighted by molar-refractivity contribution is 7.92. The molecule has 1 fully saturated rings. The molecule has 47 heavy (non-hydrogen) atoms. The summed E-state index contributed by atoms with van der Waals surface area (Å²) in [6, 6.07) is 26.1. The number of anilines is 1. The zero-order valence-corrected chi connectivity index (χ0v) is 26.4.